The molecule has 0 aromatic rings. The molecule has 0 amide bonds. The van der Waals surface area contributed by atoms with Gasteiger partial charge in [-0.05, 0) is 56.3 Å². The third-order valence-corrected chi connectivity index (χ3v) is 5.32. The Kier molecular flexibility index (Phi) is 4.87. The van der Waals surface area contributed by atoms with Crippen molar-refractivity contribution in [3.8, 4) is 0 Å². The van der Waals surface area contributed by atoms with Crippen LogP contribution in [0.1, 0.15) is 64.7 Å². The van der Waals surface area contributed by atoms with Gasteiger partial charge in [0.05, 0.1) is 0 Å². The van der Waals surface area contributed by atoms with Crippen molar-refractivity contribution in [2.24, 2.45) is 29.2 Å². The Bertz CT molecular complexity index is 221. The molecule has 100 valence electrons. The van der Waals surface area contributed by atoms with Gasteiger partial charge in [0, 0.05) is 12.1 Å². The number of hydrogen-bond donors (Lipinski definition) is 2. The van der Waals surface area contributed by atoms with Crippen molar-refractivity contribution in [2.75, 3.05) is 0 Å². The largest absolute Gasteiger partial charge is 0.328 e. The lowest BCUT2D eigenvalue weighted by atomic mass is 9.66. The van der Waals surface area contributed by atoms with Crippen molar-refractivity contribution in [1.29, 1.82) is 0 Å². The van der Waals surface area contributed by atoms with E-state index in [-0.39, 0.29) is 0 Å². The van der Waals surface area contributed by atoms with Crippen LogP contribution in [-0.4, -0.2) is 12.1 Å². The average Bonchev–Trinajstić information content (AvgIpc) is 2.35. The van der Waals surface area contributed by atoms with E-state index in [9.17, 15) is 0 Å². The molecule has 4 N–H and O–H groups in total. The fourth-order valence-corrected chi connectivity index (χ4v) is 4.28. The topological polar surface area (TPSA) is 52.0 Å². The Hall–Kier alpha value is -0.0800. The van der Waals surface area contributed by atoms with Crippen molar-refractivity contribution < 1.29 is 0 Å². The molecular weight excluding hydrogens is 208 g/mol. The first-order valence-electron chi connectivity index (χ1n) is 7.73. The third-order valence-electron chi connectivity index (χ3n) is 5.32. The van der Waals surface area contributed by atoms with Crippen LogP contribution in [0.25, 0.3) is 0 Å². The van der Waals surface area contributed by atoms with Crippen LogP contribution in [-0.2, 0) is 0 Å². The summed E-state index contributed by atoms with van der Waals surface area (Å²) in [7, 11) is 0. The van der Waals surface area contributed by atoms with E-state index in [4.69, 9.17) is 11.5 Å². The van der Waals surface area contributed by atoms with Crippen LogP contribution in [0.15, 0.2) is 0 Å². The first kappa shape index (κ1) is 13.4. The number of rotatable bonds is 3. The molecule has 0 radical (unpaired) electrons. The van der Waals surface area contributed by atoms with Crippen LogP contribution < -0.4 is 11.5 Å². The minimum Gasteiger partial charge on any atom is -0.328 e. The lowest BCUT2D eigenvalue weighted by Crippen LogP contribution is -2.41. The Labute approximate surface area is 107 Å². The van der Waals surface area contributed by atoms with Crippen molar-refractivity contribution >= 4 is 0 Å². The monoisotopic (exact) mass is 238 g/mol. The Morgan fingerprint density at radius 3 is 2.18 bits per heavy atom. The lowest BCUT2D eigenvalue weighted by Gasteiger charge is -2.41. The SMILES string of the molecule is CCC(C1CCC(N)CC1)C1CCCCC1N. The van der Waals surface area contributed by atoms with E-state index < -0.39 is 0 Å². The minimum atomic E-state index is 0.476. The molecule has 2 heteroatoms. The summed E-state index contributed by atoms with van der Waals surface area (Å²) < 4.78 is 0. The fourth-order valence-electron chi connectivity index (χ4n) is 4.28. The van der Waals surface area contributed by atoms with Crippen molar-refractivity contribution in [2.45, 2.75) is 76.8 Å². The van der Waals surface area contributed by atoms with Crippen LogP contribution in [0.4, 0.5) is 0 Å². The van der Waals surface area contributed by atoms with Crippen LogP contribution in [0.3, 0.4) is 0 Å². The van der Waals surface area contributed by atoms with Gasteiger partial charge in [-0.3, -0.25) is 0 Å². The lowest BCUT2D eigenvalue weighted by molar-refractivity contribution is 0.118. The molecule has 2 nitrogen and oxygen atoms in total. The van der Waals surface area contributed by atoms with E-state index >= 15 is 0 Å². The maximum Gasteiger partial charge on any atom is 0.00699 e. The summed E-state index contributed by atoms with van der Waals surface area (Å²) in [5.41, 5.74) is 12.4. The number of hydrogen-bond acceptors (Lipinski definition) is 2. The molecule has 0 aromatic heterocycles. The van der Waals surface area contributed by atoms with Crippen molar-refractivity contribution in [3.05, 3.63) is 0 Å². The van der Waals surface area contributed by atoms with Gasteiger partial charge >= 0.3 is 0 Å². The van der Waals surface area contributed by atoms with Gasteiger partial charge < -0.3 is 11.5 Å². The molecule has 3 unspecified atom stereocenters. The van der Waals surface area contributed by atoms with E-state index in [1.807, 2.05) is 0 Å². The van der Waals surface area contributed by atoms with E-state index in [1.54, 1.807) is 0 Å². The maximum atomic E-state index is 6.36. The highest BCUT2D eigenvalue weighted by Gasteiger charge is 2.34. The second kappa shape index (κ2) is 6.19. The van der Waals surface area contributed by atoms with Gasteiger partial charge in [-0.1, -0.05) is 26.2 Å². The van der Waals surface area contributed by atoms with Crippen LogP contribution in [0, 0.1) is 17.8 Å². The average molecular weight is 238 g/mol. The molecule has 0 aromatic carbocycles. The summed E-state index contributed by atoms with van der Waals surface area (Å²) in [6.45, 7) is 2.36. The summed E-state index contributed by atoms with van der Waals surface area (Å²) in [4.78, 5) is 0. The van der Waals surface area contributed by atoms with Crippen molar-refractivity contribution in [3.63, 3.8) is 0 Å². The highest BCUT2D eigenvalue weighted by molar-refractivity contribution is 4.88. The second-order valence-electron chi connectivity index (χ2n) is 6.36. The highest BCUT2D eigenvalue weighted by atomic mass is 14.7. The van der Waals surface area contributed by atoms with E-state index in [0.717, 1.165) is 17.8 Å². The van der Waals surface area contributed by atoms with Crippen LogP contribution in [0.5, 0.6) is 0 Å². The standard InChI is InChI=1S/C15H30N2/c1-2-13(11-7-9-12(16)10-8-11)14-5-3-4-6-15(14)17/h11-15H,2-10,16-17H2,1H3. The normalized spacial score (nSPS) is 41.1. The van der Waals surface area contributed by atoms with Gasteiger partial charge in [0.25, 0.3) is 0 Å². The maximum absolute atomic E-state index is 6.36. The van der Waals surface area contributed by atoms with Gasteiger partial charge in [0.2, 0.25) is 0 Å². The van der Waals surface area contributed by atoms with Gasteiger partial charge in [0.15, 0.2) is 0 Å². The summed E-state index contributed by atoms with van der Waals surface area (Å²) in [6.07, 6.45) is 11.9. The summed E-state index contributed by atoms with van der Waals surface area (Å²) >= 11 is 0. The zero-order chi connectivity index (χ0) is 12.3. The molecule has 0 spiro atoms. The molecule has 0 aliphatic heterocycles. The van der Waals surface area contributed by atoms with E-state index in [1.165, 1.54) is 57.8 Å². The zero-order valence-electron chi connectivity index (χ0n) is 11.4. The molecule has 3 atom stereocenters. The van der Waals surface area contributed by atoms with Gasteiger partial charge in [0.1, 0.15) is 0 Å². The second-order valence-corrected chi connectivity index (χ2v) is 6.36. The molecule has 2 fully saturated rings. The predicted molar refractivity (Wildman–Crippen MR) is 73.6 cm³/mol. The van der Waals surface area contributed by atoms with Gasteiger partial charge in [-0.2, -0.15) is 0 Å². The highest BCUT2D eigenvalue weighted by Crippen LogP contribution is 2.40. The van der Waals surface area contributed by atoms with Crippen molar-refractivity contribution in [1.82, 2.24) is 0 Å². The van der Waals surface area contributed by atoms with Crippen LogP contribution in [0.2, 0.25) is 0 Å². The van der Waals surface area contributed by atoms with Gasteiger partial charge in [-0.25, -0.2) is 0 Å². The zero-order valence-corrected chi connectivity index (χ0v) is 11.4. The molecule has 0 bridgehead atoms. The minimum absolute atomic E-state index is 0.476. The predicted octanol–water partition coefficient (Wildman–Crippen LogP) is 3.05. The molecule has 2 aliphatic carbocycles. The fraction of sp³-hybridized carbons (Fsp3) is 1.00. The first-order chi connectivity index (χ1) is 8.22. The first-order valence-corrected chi connectivity index (χ1v) is 7.73. The molecule has 0 heterocycles. The molecular formula is C15H30N2. The summed E-state index contributed by atoms with van der Waals surface area (Å²) in [5, 5.41) is 0. The molecule has 2 rings (SSSR count). The van der Waals surface area contributed by atoms with E-state index in [0.29, 0.717) is 12.1 Å². The molecule has 0 saturated heterocycles. The van der Waals surface area contributed by atoms with E-state index in [2.05, 4.69) is 6.92 Å². The van der Waals surface area contributed by atoms with Crippen LogP contribution >= 0.6 is 0 Å². The third kappa shape index (κ3) is 3.23. The van der Waals surface area contributed by atoms with Gasteiger partial charge in [-0.15, -0.1) is 0 Å². The summed E-state index contributed by atoms with van der Waals surface area (Å²) in [5.74, 6) is 2.58. The number of nitrogens with two attached hydrogens (primary N) is 2. The Balaban J connectivity index is 1.94. The Morgan fingerprint density at radius 2 is 1.59 bits per heavy atom. The quantitative estimate of drug-likeness (QED) is 0.794. The Morgan fingerprint density at radius 1 is 0.941 bits per heavy atom. The molecule has 2 saturated carbocycles. The molecule has 17 heavy (non-hydrogen) atoms. The summed E-state index contributed by atoms with van der Waals surface area (Å²) in [6, 6.07) is 0.952. The smallest absolute Gasteiger partial charge is 0.00699 e. The molecule has 2 aliphatic rings.